The molecule has 0 aliphatic heterocycles. The van der Waals surface area contributed by atoms with Gasteiger partial charge in [0, 0.05) is 33.8 Å². The number of esters is 2. The van der Waals surface area contributed by atoms with Gasteiger partial charge in [0.05, 0.1) is 25.3 Å². The van der Waals surface area contributed by atoms with Crippen molar-refractivity contribution in [3.8, 4) is 22.3 Å². The molecule has 3 amide bonds. The summed E-state index contributed by atoms with van der Waals surface area (Å²) in [5, 5.41) is 8.60. The first-order valence-electron chi connectivity index (χ1n) is 16.4. The average molecular weight is 704 g/mol. The first-order valence-corrected chi connectivity index (χ1v) is 16.4. The Bertz CT molecular complexity index is 2340. The number of amides is 3. The molecule has 0 heterocycles. The molecule has 3 N–H and O–H groups in total. The number of methoxy groups -OCH3 is 2. The summed E-state index contributed by atoms with van der Waals surface area (Å²) in [5.74, 6) is -2.45. The summed E-state index contributed by atoms with van der Waals surface area (Å²) in [6.45, 7) is 0. The molecule has 0 aromatic heterocycles. The van der Waals surface area contributed by atoms with Crippen LogP contribution in [0.2, 0.25) is 0 Å². The number of anilines is 3. The molecule has 0 bridgehead atoms. The second-order valence-corrected chi connectivity index (χ2v) is 11.8. The molecule has 0 fully saturated rings. The SMILES string of the molecule is COC(=O)c1cc(C(=O)Nc2ccccc2)cc(-c2cccc(NC(=O)c3cc(C(=O)OC)cc(-c4cccc(NC(=O)c5ccccc5)c4)c3)c2)c1. The van der Waals surface area contributed by atoms with Crippen molar-refractivity contribution in [3.63, 3.8) is 0 Å². The van der Waals surface area contributed by atoms with E-state index in [4.69, 9.17) is 9.47 Å². The lowest BCUT2D eigenvalue weighted by molar-refractivity contribution is 0.0591. The molecular formula is C43H33N3O7. The van der Waals surface area contributed by atoms with Crippen molar-refractivity contribution in [3.05, 3.63) is 173 Å². The standard InChI is InChI=1S/C43H33N3O7/c1-52-42(50)34-21-30(19-32(23-34)40(48)44-36-15-7-4-8-16-36)29-14-10-18-38(26-29)46-41(49)33-20-31(22-35(24-33)43(51)53-2)28-13-9-17-37(25-28)45-39(47)27-11-5-3-6-12-27/h3-26H,1-2H3,(H,44,48)(H,45,47)(H,46,49). The molecule has 262 valence electrons. The normalized spacial score (nSPS) is 10.5. The van der Waals surface area contributed by atoms with Crippen LogP contribution in [0.25, 0.3) is 22.3 Å². The Morgan fingerprint density at radius 2 is 0.736 bits per heavy atom. The third-order valence-corrected chi connectivity index (χ3v) is 8.21. The van der Waals surface area contributed by atoms with Gasteiger partial charge in [-0.2, -0.15) is 0 Å². The number of benzene rings is 6. The molecule has 0 aliphatic rings. The van der Waals surface area contributed by atoms with Crippen molar-refractivity contribution in [2.75, 3.05) is 30.2 Å². The molecule has 0 saturated heterocycles. The van der Waals surface area contributed by atoms with E-state index >= 15 is 0 Å². The molecule has 6 rings (SSSR count). The number of ether oxygens (including phenoxy) is 2. The van der Waals surface area contributed by atoms with Gasteiger partial charge in [-0.15, -0.1) is 0 Å². The molecule has 0 unspecified atom stereocenters. The van der Waals surface area contributed by atoms with Crippen molar-refractivity contribution in [2.24, 2.45) is 0 Å². The van der Waals surface area contributed by atoms with E-state index in [-0.39, 0.29) is 28.2 Å². The summed E-state index contributed by atoms with van der Waals surface area (Å²) in [6.07, 6.45) is 0. The molecule has 6 aromatic rings. The topological polar surface area (TPSA) is 140 Å². The van der Waals surface area contributed by atoms with Gasteiger partial charge >= 0.3 is 11.9 Å². The zero-order chi connectivity index (χ0) is 37.3. The van der Waals surface area contributed by atoms with E-state index in [1.165, 1.54) is 26.4 Å². The van der Waals surface area contributed by atoms with Gasteiger partial charge in [0.1, 0.15) is 0 Å². The van der Waals surface area contributed by atoms with Crippen LogP contribution in [0.1, 0.15) is 51.8 Å². The summed E-state index contributed by atoms with van der Waals surface area (Å²) < 4.78 is 9.92. The van der Waals surface area contributed by atoms with Gasteiger partial charge in [-0.3, -0.25) is 14.4 Å². The molecule has 10 heteroatoms. The number of carbonyl (C=O) groups excluding carboxylic acids is 5. The van der Waals surface area contributed by atoms with Crippen LogP contribution >= 0.6 is 0 Å². The predicted octanol–water partition coefficient (Wildman–Crippen LogP) is 8.35. The maximum absolute atomic E-state index is 13.7. The summed E-state index contributed by atoms with van der Waals surface area (Å²) in [6, 6.07) is 41.1. The Morgan fingerprint density at radius 1 is 0.358 bits per heavy atom. The van der Waals surface area contributed by atoms with E-state index in [1.807, 2.05) is 12.1 Å². The fourth-order valence-electron chi connectivity index (χ4n) is 5.60. The van der Waals surface area contributed by atoms with E-state index in [1.54, 1.807) is 121 Å². The monoisotopic (exact) mass is 703 g/mol. The number of hydrogen-bond donors (Lipinski definition) is 3. The first kappa shape index (κ1) is 35.5. The Hall–Kier alpha value is -7.33. The molecule has 6 aromatic carbocycles. The minimum atomic E-state index is -0.631. The highest BCUT2D eigenvalue weighted by molar-refractivity contribution is 6.09. The molecule has 0 saturated carbocycles. The maximum Gasteiger partial charge on any atom is 0.337 e. The first-order chi connectivity index (χ1) is 25.7. The van der Waals surface area contributed by atoms with Gasteiger partial charge in [0.15, 0.2) is 0 Å². The van der Waals surface area contributed by atoms with Crippen molar-refractivity contribution < 1.29 is 33.4 Å². The molecule has 0 atom stereocenters. The van der Waals surface area contributed by atoms with E-state index < -0.39 is 23.8 Å². The Kier molecular flexibility index (Phi) is 10.8. The van der Waals surface area contributed by atoms with Gasteiger partial charge in [0.2, 0.25) is 0 Å². The van der Waals surface area contributed by atoms with E-state index in [2.05, 4.69) is 16.0 Å². The highest BCUT2D eigenvalue weighted by atomic mass is 16.5. The number of carbonyl (C=O) groups is 5. The number of rotatable bonds is 10. The second-order valence-electron chi connectivity index (χ2n) is 11.8. The van der Waals surface area contributed by atoms with Crippen LogP contribution < -0.4 is 16.0 Å². The van der Waals surface area contributed by atoms with Crippen LogP contribution in [0.5, 0.6) is 0 Å². The summed E-state index contributed by atoms with van der Waals surface area (Å²) >= 11 is 0. The average Bonchev–Trinajstić information content (AvgIpc) is 3.20. The van der Waals surface area contributed by atoms with Gasteiger partial charge in [0.25, 0.3) is 17.7 Å². The number of hydrogen-bond acceptors (Lipinski definition) is 7. The molecule has 0 spiro atoms. The highest BCUT2D eigenvalue weighted by Crippen LogP contribution is 2.29. The van der Waals surface area contributed by atoms with Gasteiger partial charge in [-0.1, -0.05) is 60.7 Å². The lowest BCUT2D eigenvalue weighted by Gasteiger charge is -2.13. The van der Waals surface area contributed by atoms with Gasteiger partial charge in [-0.05, 0) is 107 Å². The van der Waals surface area contributed by atoms with E-state index in [0.29, 0.717) is 44.9 Å². The largest absolute Gasteiger partial charge is 0.465 e. The quantitative estimate of drug-likeness (QED) is 0.122. The van der Waals surface area contributed by atoms with Crippen molar-refractivity contribution in [1.29, 1.82) is 0 Å². The maximum atomic E-state index is 13.7. The molecule has 53 heavy (non-hydrogen) atoms. The van der Waals surface area contributed by atoms with Crippen LogP contribution in [-0.4, -0.2) is 43.9 Å². The Morgan fingerprint density at radius 3 is 1.19 bits per heavy atom. The third-order valence-electron chi connectivity index (χ3n) is 8.21. The smallest absolute Gasteiger partial charge is 0.337 e. The molecular weight excluding hydrogens is 670 g/mol. The van der Waals surface area contributed by atoms with Crippen molar-refractivity contribution in [2.45, 2.75) is 0 Å². The minimum Gasteiger partial charge on any atom is -0.465 e. The van der Waals surface area contributed by atoms with Crippen molar-refractivity contribution in [1.82, 2.24) is 0 Å². The Balaban J connectivity index is 1.28. The highest BCUT2D eigenvalue weighted by Gasteiger charge is 2.18. The summed E-state index contributed by atoms with van der Waals surface area (Å²) in [4.78, 5) is 65.0. The lowest BCUT2D eigenvalue weighted by Crippen LogP contribution is -2.14. The zero-order valence-electron chi connectivity index (χ0n) is 28.7. The zero-order valence-corrected chi connectivity index (χ0v) is 28.7. The van der Waals surface area contributed by atoms with Crippen LogP contribution in [0.15, 0.2) is 146 Å². The predicted molar refractivity (Wildman–Crippen MR) is 203 cm³/mol. The van der Waals surface area contributed by atoms with Crippen molar-refractivity contribution >= 4 is 46.7 Å². The van der Waals surface area contributed by atoms with Crippen LogP contribution in [0.3, 0.4) is 0 Å². The molecule has 10 nitrogen and oxygen atoms in total. The minimum absolute atomic E-state index is 0.156. The summed E-state index contributed by atoms with van der Waals surface area (Å²) in [5.41, 5.74) is 5.12. The number of nitrogens with one attached hydrogen (secondary N) is 3. The van der Waals surface area contributed by atoms with E-state index in [9.17, 15) is 24.0 Å². The van der Waals surface area contributed by atoms with Crippen LogP contribution in [0.4, 0.5) is 17.1 Å². The summed E-state index contributed by atoms with van der Waals surface area (Å²) in [7, 11) is 2.52. The Labute approximate surface area is 305 Å². The van der Waals surface area contributed by atoms with Gasteiger partial charge in [-0.25, -0.2) is 9.59 Å². The van der Waals surface area contributed by atoms with Crippen LogP contribution in [-0.2, 0) is 9.47 Å². The van der Waals surface area contributed by atoms with Crippen LogP contribution in [0, 0.1) is 0 Å². The molecule has 0 aliphatic carbocycles. The second kappa shape index (κ2) is 16.1. The molecule has 0 radical (unpaired) electrons. The third kappa shape index (κ3) is 8.70. The van der Waals surface area contributed by atoms with E-state index in [0.717, 1.165) is 0 Å². The number of para-hydroxylation sites is 1. The fraction of sp³-hybridized carbons (Fsp3) is 0.0465. The lowest BCUT2D eigenvalue weighted by atomic mass is 9.98. The fourth-order valence-corrected chi connectivity index (χ4v) is 5.60. The van der Waals surface area contributed by atoms with Gasteiger partial charge < -0.3 is 25.4 Å².